The van der Waals surface area contributed by atoms with E-state index in [-0.39, 0.29) is 18.1 Å². The van der Waals surface area contributed by atoms with Crippen LogP contribution in [0.15, 0.2) is 16.9 Å². The number of H-pyrrole nitrogens is 1. The normalized spacial score (nSPS) is 21.5. The Labute approximate surface area is 167 Å². The van der Waals surface area contributed by atoms with Gasteiger partial charge in [0, 0.05) is 25.9 Å². The van der Waals surface area contributed by atoms with Crippen molar-refractivity contribution in [1.29, 1.82) is 0 Å². The number of carbonyl (C=O) groups is 1. The quantitative estimate of drug-likeness (QED) is 0.692. The Morgan fingerprint density at radius 2 is 2.17 bits per heavy atom. The summed E-state index contributed by atoms with van der Waals surface area (Å²) in [6.45, 7) is 3.07. The molecule has 3 aromatic rings. The van der Waals surface area contributed by atoms with Gasteiger partial charge in [-0.25, -0.2) is 4.98 Å². The summed E-state index contributed by atoms with van der Waals surface area (Å²) in [6.07, 6.45) is 5.74. The van der Waals surface area contributed by atoms with Crippen molar-refractivity contribution in [3.05, 3.63) is 35.0 Å². The van der Waals surface area contributed by atoms with E-state index >= 15 is 0 Å². The van der Waals surface area contributed by atoms with Crippen molar-refractivity contribution >= 4 is 22.8 Å². The van der Waals surface area contributed by atoms with E-state index in [9.17, 15) is 4.79 Å². The van der Waals surface area contributed by atoms with Crippen molar-refractivity contribution in [3.63, 3.8) is 0 Å². The van der Waals surface area contributed by atoms with Gasteiger partial charge in [-0.2, -0.15) is 4.98 Å². The number of fused-ring (bicyclic) bond motifs is 2. The number of amides is 1. The molecule has 9 heteroatoms. The van der Waals surface area contributed by atoms with E-state index in [0.717, 1.165) is 29.7 Å². The molecule has 2 N–H and O–H groups in total. The van der Waals surface area contributed by atoms with Gasteiger partial charge < -0.3 is 24.5 Å². The van der Waals surface area contributed by atoms with Gasteiger partial charge in [-0.15, -0.1) is 0 Å². The number of aryl methyl sites for hydroxylation is 3. The van der Waals surface area contributed by atoms with E-state index < -0.39 is 0 Å². The van der Waals surface area contributed by atoms with Crippen LogP contribution in [-0.2, 0) is 17.6 Å². The van der Waals surface area contributed by atoms with Gasteiger partial charge in [0.1, 0.15) is 23.2 Å². The van der Waals surface area contributed by atoms with Gasteiger partial charge >= 0.3 is 0 Å². The lowest BCUT2D eigenvalue weighted by Gasteiger charge is -2.18. The fourth-order valence-electron chi connectivity index (χ4n) is 4.44. The minimum absolute atomic E-state index is 0.0951. The molecule has 1 amide bonds. The van der Waals surface area contributed by atoms with Crippen LogP contribution in [-0.4, -0.2) is 58.4 Å². The highest BCUT2D eigenvalue weighted by Gasteiger charge is 2.36. The number of ether oxygens (including phenoxy) is 1. The maximum atomic E-state index is 12.9. The highest BCUT2D eigenvalue weighted by molar-refractivity contribution is 5.93. The van der Waals surface area contributed by atoms with Crippen LogP contribution >= 0.6 is 0 Å². The molecule has 0 spiro atoms. The molecule has 1 fully saturated rings. The summed E-state index contributed by atoms with van der Waals surface area (Å²) in [5, 5.41) is 7.94. The number of aromatic amines is 1. The fraction of sp³-hybridized carbons (Fsp3) is 0.500. The number of nitrogens with one attached hydrogen (secondary N) is 2. The molecule has 4 heterocycles. The molecule has 1 aliphatic heterocycles. The van der Waals surface area contributed by atoms with Crippen LogP contribution in [0.4, 0.5) is 5.82 Å². The van der Waals surface area contributed by atoms with Crippen LogP contribution < -0.4 is 10.2 Å². The third-order valence-electron chi connectivity index (χ3n) is 5.97. The van der Waals surface area contributed by atoms with Gasteiger partial charge in [-0.3, -0.25) is 4.79 Å². The molecule has 1 aliphatic carbocycles. The highest BCUT2D eigenvalue weighted by atomic mass is 16.5. The lowest BCUT2D eigenvalue weighted by molar-refractivity contribution is 0.0778. The van der Waals surface area contributed by atoms with Crippen LogP contribution in [0.3, 0.4) is 0 Å². The van der Waals surface area contributed by atoms with Crippen LogP contribution in [0.25, 0.3) is 11.1 Å². The first kappa shape index (κ1) is 18.1. The topological polar surface area (TPSA) is 109 Å². The lowest BCUT2D eigenvalue weighted by atomic mass is 9.98. The first-order valence-corrected chi connectivity index (χ1v) is 10.0. The highest BCUT2D eigenvalue weighted by Crippen LogP contribution is 2.29. The summed E-state index contributed by atoms with van der Waals surface area (Å²) >= 11 is 0. The smallest absolute Gasteiger partial charge is 0.268 e. The Morgan fingerprint density at radius 3 is 3.00 bits per heavy atom. The average molecular weight is 396 g/mol. The van der Waals surface area contributed by atoms with Crippen molar-refractivity contribution in [3.8, 4) is 0 Å². The molecule has 2 atom stereocenters. The number of carbonyl (C=O) groups excluding carboxylic acids is 1. The Morgan fingerprint density at radius 1 is 1.31 bits per heavy atom. The second kappa shape index (κ2) is 7.14. The van der Waals surface area contributed by atoms with Gasteiger partial charge in [0.05, 0.1) is 17.8 Å². The fourth-order valence-corrected chi connectivity index (χ4v) is 4.44. The number of nitrogens with zero attached hydrogens (tertiary/aromatic N) is 4. The zero-order valence-electron chi connectivity index (χ0n) is 16.6. The zero-order valence-corrected chi connectivity index (χ0v) is 16.6. The number of anilines is 1. The second-order valence-corrected chi connectivity index (χ2v) is 7.80. The Hall–Kier alpha value is -2.94. The van der Waals surface area contributed by atoms with Crippen molar-refractivity contribution in [2.45, 2.75) is 44.8 Å². The number of hydrogen-bond acceptors (Lipinski definition) is 7. The second-order valence-electron chi connectivity index (χ2n) is 7.80. The maximum Gasteiger partial charge on any atom is 0.268 e. The Kier molecular flexibility index (Phi) is 4.46. The Bertz CT molecular complexity index is 1030. The third kappa shape index (κ3) is 3.15. The molecule has 0 radical (unpaired) electrons. The van der Waals surface area contributed by atoms with Gasteiger partial charge in [0.15, 0.2) is 0 Å². The van der Waals surface area contributed by atoms with E-state index in [1.54, 1.807) is 7.11 Å². The summed E-state index contributed by atoms with van der Waals surface area (Å²) in [6, 6.07) is 1.84. The largest absolute Gasteiger partial charge is 0.377 e. The average Bonchev–Trinajstić information content (AvgIpc) is 3.44. The van der Waals surface area contributed by atoms with E-state index in [0.29, 0.717) is 24.5 Å². The van der Waals surface area contributed by atoms with Crippen LogP contribution in [0, 0.1) is 6.92 Å². The summed E-state index contributed by atoms with van der Waals surface area (Å²) in [5.74, 6) is 0.658. The third-order valence-corrected chi connectivity index (χ3v) is 5.97. The molecule has 9 nitrogen and oxygen atoms in total. The number of hydrogen-bond donors (Lipinski definition) is 2. The van der Waals surface area contributed by atoms with Gasteiger partial charge in [0.25, 0.3) is 11.6 Å². The first-order chi connectivity index (χ1) is 14.1. The summed E-state index contributed by atoms with van der Waals surface area (Å²) < 4.78 is 10.9. The molecule has 1 saturated heterocycles. The molecular formula is C20H24N6O3. The molecule has 0 aromatic carbocycles. The molecule has 3 aromatic heterocycles. The van der Waals surface area contributed by atoms with Crippen LogP contribution in [0.5, 0.6) is 0 Å². The van der Waals surface area contributed by atoms with Gasteiger partial charge in [0.2, 0.25) is 0 Å². The van der Waals surface area contributed by atoms with Crippen LogP contribution in [0.2, 0.25) is 0 Å². The molecule has 29 heavy (non-hydrogen) atoms. The summed E-state index contributed by atoms with van der Waals surface area (Å²) in [5.41, 5.74) is 4.30. The standard InChI is InChI=1S/C20H24N6O3/c1-11-17-18(21-10-22-20(17)29-25-11)26-8-15(16(9-26)28-2)24-19(27)14-7-12-5-3-4-6-13(12)23-14/h7,10,15-16,23H,3-6,8-9H2,1-2H3,(H,24,27)/t15-,16-/m1/s1. The van der Waals surface area contributed by atoms with Gasteiger partial charge in [-0.05, 0) is 44.2 Å². The minimum Gasteiger partial charge on any atom is -0.377 e. The molecule has 0 bridgehead atoms. The molecule has 0 unspecified atom stereocenters. The predicted octanol–water partition coefficient (Wildman–Crippen LogP) is 1.77. The van der Waals surface area contributed by atoms with Crippen molar-refractivity contribution in [2.24, 2.45) is 0 Å². The van der Waals surface area contributed by atoms with Gasteiger partial charge in [-0.1, -0.05) is 5.16 Å². The summed E-state index contributed by atoms with van der Waals surface area (Å²) in [7, 11) is 1.67. The SMILES string of the molecule is CO[C@@H]1CN(c2ncnc3onc(C)c23)C[C@H]1NC(=O)c1cc2c([nH]1)CCCC2. The monoisotopic (exact) mass is 396 g/mol. The molecule has 152 valence electrons. The Balaban J connectivity index is 1.36. The number of rotatable bonds is 4. The number of methoxy groups -OCH3 is 1. The lowest BCUT2D eigenvalue weighted by Crippen LogP contribution is -2.43. The van der Waals surface area contributed by atoms with E-state index in [4.69, 9.17) is 9.26 Å². The van der Waals surface area contributed by atoms with Crippen molar-refractivity contribution < 1.29 is 14.1 Å². The first-order valence-electron chi connectivity index (χ1n) is 10.0. The van der Waals surface area contributed by atoms with Crippen LogP contribution in [0.1, 0.15) is 40.3 Å². The zero-order chi connectivity index (χ0) is 20.0. The van der Waals surface area contributed by atoms with E-state index in [1.807, 2.05) is 13.0 Å². The molecule has 5 rings (SSSR count). The number of aromatic nitrogens is 4. The van der Waals surface area contributed by atoms with E-state index in [1.165, 1.54) is 30.4 Å². The summed E-state index contributed by atoms with van der Waals surface area (Å²) in [4.78, 5) is 26.9. The van der Waals surface area contributed by atoms with Crippen molar-refractivity contribution in [2.75, 3.05) is 25.1 Å². The van der Waals surface area contributed by atoms with Crippen molar-refractivity contribution in [1.82, 2.24) is 25.4 Å². The maximum absolute atomic E-state index is 12.9. The molecule has 2 aliphatic rings. The predicted molar refractivity (Wildman–Crippen MR) is 106 cm³/mol. The minimum atomic E-state index is -0.155. The van der Waals surface area contributed by atoms with E-state index in [2.05, 4.69) is 30.3 Å². The molecular weight excluding hydrogens is 372 g/mol. The molecule has 0 saturated carbocycles.